The maximum Gasteiger partial charge on any atom is 0.323 e. The van der Waals surface area contributed by atoms with Gasteiger partial charge in [-0.1, -0.05) is 43.4 Å². The van der Waals surface area contributed by atoms with Gasteiger partial charge < -0.3 is 10.5 Å². The molecule has 0 radical (unpaired) electrons. The van der Waals surface area contributed by atoms with E-state index in [-0.39, 0.29) is 12.1 Å². The second-order valence-electron chi connectivity index (χ2n) is 4.41. The zero-order chi connectivity index (χ0) is 14.0. The summed E-state index contributed by atoms with van der Waals surface area (Å²) < 4.78 is 5.07. The summed E-state index contributed by atoms with van der Waals surface area (Å²) in [6.45, 7) is 9.35. The number of hydrogen-bond acceptors (Lipinski definition) is 3. The fraction of sp³-hybridized carbons (Fsp3) is 0.533. The Bertz CT molecular complexity index is 316. The van der Waals surface area contributed by atoms with E-state index in [4.69, 9.17) is 10.5 Å². The molecule has 0 heterocycles. The lowest BCUT2D eigenvalue weighted by Gasteiger charge is -2.13. The van der Waals surface area contributed by atoms with E-state index < -0.39 is 6.04 Å². The van der Waals surface area contributed by atoms with Crippen LogP contribution in [-0.2, 0) is 9.53 Å². The number of carbonyl (C=O) groups excluding carboxylic acids is 1. The zero-order valence-corrected chi connectivity index (χ0v) is 11.7. The summed E-state index contributed by atoms with van der Waals surface area (Å²) in [6, 6.07) is -0.551. The third kappa shape index (κ3) is 7.85. The Balaban J connectivity index is 4.26. The molecule has 0 saturated carbocycles. The van der Waals surface area contributed by atoms with Crippen LogP contribution in [0.3, 0.4) is 0 Å². The van der Waals surface area contributed by atoms with Crippen molar-refractivity contribution in [3.63, 3.8) is 0 Å². The van der Waals surface area contributed by atoms with E-state index in [9.17, 15) is 4.79 Å². The number of nitrogens with two attached hydrogens (primary N) is 1. The highest BCUT2D eigenvalue weighted by atomic mass is 16.5. The highest BCUT2D eigenvalue weighted by Gasteiger charge is 2.16. The van der Waals surface area contributed by atoms with Crippen molar-refractivity contribution in [3.05, 3.63) is 36.5 Å². The number of rotatable bonds is 8. The first-order valence-electron chi connectivity index (χ1n) is 6.45. The largest absolute Gasteiger partial charge is 0.462 e. The van der Waals surface area contributed by atoms with Gasteiger partial charge in [-0.05, 0) is 33.1 Å². The van der Waals surface area contributed by atoms with Gasteiger partial charge in [0.1, 0.15) is 6.04 Å². The molecule has 0 spiro atoms. The van der Waals surface area contributed by atoms with Gasteiger partial charge in [0, 0.05) is 0 Å². The van der Waals surface area contributed by atoms with E-state index in [0.29, 0.717) is 6.42 Å². The van der Waals surface area contributed by atoms with Gasteiger partial charge in [-0.25, -0.2) is 0 Å². The first-order chi connectivity index (χ1) is 8.51. The Labute approximate surface area is 110 Å². The lowest BCUT2D eigenvalue weighted by Crippen LogP contribution is -2.33. The van der Waals surface area contributed by atoms with Crippen molar-refractivity contribution in [1.29, 1.82) is 0 Å². The molecule has 0 aliphatic heterocycles. The fourth-order valence-electron chi connectivity index (χ4n) is 1.47. The maximum atomic E-state index is 11.5. The number of hydrogen-bond donors (Lipinski definition) is 1. The molecular weight excluding hydrogens is 226 g/mol. The lowest BCUT2D eigenvalue weighted by molar-refractivity contribution is -0.149. The van der Waals surface area contributed by atoms with Crippen LogP contribution >= 0.6 is 0 Å². The van der Waals surface area contributed by atoms with Gasteiger partial charge in [-0.3, -0.25) is 4.79 Å². The van der Waals surface area contributed by atoms with Crippen LogP contribution in [0, 0.1) is 0 Å². The van der Waals surface area contributed by atoms with Crippen molar-refractivity contribution in [2.45, 2.75) is 52.2 Å². The van der Waals surface area contributed by atoms with Gasteiger partial charge in [0.15, 0.2) is 0 Å². The Morgan fingerprint density at radius 2 is 2.11 bits per heavy atom. The van der Waals surface area contributed by atoms with E-state index in [1.54, 1.807) is 6.08 Å². The Morgan fingerprint density at radius 3 is 2.61 bits per heavy atom. The molecule has 0 fully saturated rings. The molecule has 3 nitrogen and oxygen atoms in total. The van der Waals surface area contributed by atoms with Crippen LogP contribution in [-0.4, -0.2) is 18.1 Å². The minimum absolute atomic E-state index is 0.116. The van der Waals surface area contributed by atoms with Gasteiger partial charge in [-0.2, -0.15) is 0 Å². The van der Waals surface area contributed by atoms with Crippen LogP contribution in [0.2, 0.25) is 0 Å². The molecule has 0 aromatic rings. The Morgan fingerprint density at radius 1 is 1.44 bits per heavy atom. The summed E-state index contributed by atoms with van der Waals surface area (Å²) in [5.41, 5.74) is 6.96. The molecule has 0 aliphatic carbocycles. The van der Waals surface area contributed by atoms with Gasteiger partial charge in [0.2, 0.25) is 0 Å². The second kappa shape index (κ2) is 9.66. The van der Waals surface area contributed by atoms with Crippen molar-refractivity contribution in [3.8, 4) is 0 Å². The lowest BCUT2D eigenvalue weighted by atomic mass is 10.0. The van der Waals surface area contributed by atoms with Crippen LogP contribution in [0.1, 0.15) is 40.0 Å². The first kappa shape index (κ1) is 16.6. The monoisotopic (exact) mass is 251 g/mol. The van der Waals surface area contributed by atoms with Crippen LogP contribution < -0.4 is 5.73 Å². The first-order valence-corrected chi connectivity index (χ1v) is 6.45. The molecular formula is C15H25NO2. The third-order valence-corrected chi connectivity index (χ3v) is 2.31. The Hall–Kier alpha value is -1.35. The van der Waals surface area contributed by atoms with Crippen molar-refractivity contribution in [1.82, 2.24) is 0 Å². The molecule has 0 bridgehead atoms. The number of allylic oxidation sites excluding steroid dienone is 5. The topological polar surface area (TPSA) is 52.3 Å². The average Bonchev–Trinajstić information content (AvgIpc) is 2.31. The van der Waals surface area contributed by atoms with Crippen LogP contribution in [0.4, 0.5) is 0 Å². The molecule has 18 heavy (non-hydrogen) atoms. The van der Waals surface area contributed by atoms with Crippen molar-refractivity contribution in [2.24, 2.45) is 5.73 Å². The van der Waals surface area contributed by atoms with Crippen molar-refractivity contribution < 1.29 is 9.53 Å². The minimum Gasteiger partial charge on any atom is -0.462 e. The third-order valence-electron chi connectivity index (χ3n) is 2.31. The van der Waals surface area contributed by atoms with Crippen molar-refractivity contribution in [2.75, 3.05) is 0 Å². The van der Waals surface area contributed by atoms with Crippen LogP contribution in [0.5, 0.6) is 0 Å². The highest BCUT2D eigenvalue weighted by molar-refractivity contribution is 5.75. The second-order valence-corrected chi connectivity index (χ2v) is 4.41. The van der Waals surface area contributed by atoms with Gasteiger partial charge >= 0.3 is 5.97 Å². The standard InChI is InChI=1S/C15H25NO2/c1-5-7-9-13(8-6-2)10-11-14(16)15(17)18-12(3)4/h5,7-9,12,14H,1,6,10-11,16H2,2-4H3/b9-7-,13-8+. The molecule has 1 unspecified atom stereocenters. The quantitative estimate of drug-likeness (QED) is 0.532. The van der Waals surface area contributed by atoms with Crippen LogP contribution in [0.25, 0.3) is 0 Å². The van der Waals surface area contributed by atoms with E-state index >= 15 is 0 Å². The molecule has 0 amide bonds. The number of ether oxygens (including phenoxy) is 1. The minimum atomic E-state index is -0.551. The van der Waals surface area contributed by atoms with Crippen LogP contribution in [0.15, 0.2) is 36.5 Å². The number of esters is 1. The van der Waals surface area contributed by atoms with E-state index in [2.05, 4.69) is 19.6 Å². The Kier molecular flexibility index (Phi) is 8.93. The maximum absolute atomic E-state index is 11.5. The van der Waals surface area contributed by atoms with Gasteiger partial charge in [0.25, 0.3) is 0 Å². The highest BCUT2D eigenvalue weighted by Crippen LogP contribution is 2.11. The predicted octanol–water partition coefficient (Wildman–Crippen LogP) is 3.12. The molecule has 0 aliphatic rings. The van der Waals surface area contributed by atoms with E-state index in [1.165, 1.54) is 5.57 Å². The smallest absolute Gasteiger partial charge is 0.323 e. The number of carbonyl (C=O) groups is 1. The summed E-state index contributed by atoms with van der Waals surface area (Å²) in [5, 5.41) is 0. The molecule has 2 N–H and O–H groups in total. The summed E-state index contributed by atoms with van der Waals surface area (Å²) in [7, 11) is 0. The van der Waals surface area contributed by atoms with Crippen molar-refractivity contribution >= 4 is 5.97 Å². The summed E-state index contributed by atoms with van der Waals surface area (Å²) in [6.07, 6.45) is 9.95. The summed E-state index contributed by atoms with van der Waals surface area (Å²) in [5.74, 6) is -0.325. The molecule has 0 rings (SSSR count). The van der Waals surface area contributed by atoms with E-state index in [0.717, 1.165) is 12.8 Å². The molecule has 0 aromatic heterocycles. The molecule has 3 heteroatoms. The molecule has 1 atom stereocenters. The molecule has 102 valence electrons. The predicted molar refractivity (Wildman–Crippen MR) is 76.1 cm³/mol. The SMILES string of the molecule is C=C/C=C\C(=C/CC)CCC(N)C(=O)OC(C)C. The van der Waals surface area contributed by atoms with E-state index in [1.807, 2.05) is 26.0 Å². The molecule has 0 saturated heterocycles. The molecule has 0 aromatic carbocycles. The average molecular weight is 251 g/mol. The van der Waals surface area contributed by atoms with Gasteiger partial charge in [-0.15, -0.1) is 0 Å². The normalized spacial score (nSPS) is 13.9. The fourth-order valence-corrected chi connectivity index (χ4v) is 1.47. The van der Waals surface area contributed by atoms with Gasteiger partial charge in [0.05, 0.1) is 6.10 Å². The summed E-state index contributed by atoms with van der Waals surface area (Å²) >= 11 is 0. The summed E-state index contributed by atoms with van der Waals surface area (Å²) in [4.78, 5) is 11.5. The zero-order valence-electron chi connectivity index (χ0n) is 11.7.